The summed E-state index contributed by atoms with van der Waals surface area (Å²) in [5.74, 6) is 2.30. The number of likely N-dealkylation sites (tertiary alicyclic amines) is 1. The number of rotatable bonds is 3. The first kappa shape index (κ1) is 10.8. The first-order chi connectivity index (χ1) is 6.79. The summed E-state index contributed by atoms with van der Waals surface area (Å²) < 4.78 is 0. The van der Waals surface area contributed by atoms with Crippen LogP contribution in [0.25, 0.3) is 0 Å². The van der Waals surface area contributed by atoms with E-state index in [4.69, 9.17) is 0 Å². The van der Waals surface area contributed by atoms with Crippen LogP contribution in [0.4, 0.5) is 0 Å². The molecule has 0 aromatic rings. The molecule has 0 aliphatic carbocycles. The molecular formula is C11H21NOS. The van der Waals surface area contributed by atoms with Gasteiger partial charge in [-0.2, -0.15) is 11.8 Å². The lowest BCUT2D eigenvalue weighted by atomic mass is 9.93. The summed E-state index contributed by atoms with van der Waals surface area (Å²) in [5.41, 5.74) is -0.326. The van der Waals surface area contributed by atoms with Crippen LogP contribution in [0.5, 0.6) is 0 Å². The Bertz CT molecular complexity index is 174. The monoisotopic (exact) mass is 215 g/mol. The van der Waals surface area contributed by atoms with Gasteiger partial charge in [-0.1, -0.05) is 0 Å². The van der Waals surface area contributed by atoms with E-state index in [-0.39, 0.29) is 5.60 Å². The van der Waals surface area contributed by atoms with E-state index in [9.17, 15) is 5.11 Å². The zero-order valence-electron chi connectivity index (χ0n) is 8.87. The lowest BCUT2D eigenvalue weighted by molar-refractivity contribution is 0.0156. The van der Waals surface area contributed by atoms with Gasteiger partial charge in [0.2, 0.25) is 0 Å². The largest absolute Gasteiger partial charge is 0.390 e. The summed E-state index contributed by atoms with van der Waals surface area (Å²) in [5, 5.41) is 10.3. The fourth-order valence-electron chi connectivity index (χ4n) is 2.37. The molecule has 2 aliphatic heterocycles. The molecule has 2 saturated heterocycles. The fraction of sp³-hybridized carbons (Fsp3) is 1.00. The molecule has 0 unspecified atom stereocenters. The summed E-state index contributed by atoms with van der Waals surface area (Å²) in [7, 11) is 0. The van der Waals surface area contributed by atoms with Crippen molar-refractivity contribution in [2.75, 3.05) is 31.1 Å². The Morgan fingerprint density at radius 3 is 2.43 bits per heavy atom. The minimum atomic E-state index is -0.326. The zero-order chi connectivity index (χ0) is 9.86. The average Bonchev–Trinajstić information content (AvgIpc) is 2.69. The topological polar surface area (TPSA) is 23.5 Å². The third-order valence-electron chi connectivity index (χ3n) is 3.52. The molecule has 2 rings (SSSR count). The van der Waals surface area contributed by atoms with E-state index in [1.54, 1.807) is 0 Å². The number of aliphatic hydroxyl groups is 1. The van der Waals surface area contributed by atoms with Crippen LogP contribution >= 0.6 is 11.8 Å². The van der Waals surface area contributed by atoms with Crippen molar-refractivity contribution in [1.29, 1.82) is 0 Å². The van der Waals surface area contributed by atoms with Gasteiger partial charge < -0.3 is 10.0 Å². The Morgan fingerprint density at radius 1 is 1.14 bits per heavy atom. The van der Waals surface area contributed by atoms with Gasteiger partial charge in [0.05, 0.1) is 5.60 Å². The van der Waals surface area contributed by atoms with Crippen LogP contribution in [0.2, 0.25) is 0 Å². The number of hydrogen-bond donors (Lipinski definition) is 1. The molecule has 0 saturated carbocycles. The molecular weight excluding hydrogens is 194 g/mol. The molecule has 3 heteroatoms. The first-order valence-corrected chi connectivity index (χ1v) is 6.97. The van der Waals surface area contributed by atoms with E-state index in [0.29, 0.717) is 0 Å². The van der Waals surface area contributed by atoms with Gasteiger partial charge in [-0.25, -0.2) is 0 Å². The molecule has 2 nitrogen and oxygen atoms in total. The van der Waals surface area contributed by atoms with Crippen molar-refractivity contribution in [2.45, 2.75) is 37.7 Å². The highest BCUT2D eigenvalue weighted by molar-refractivity contribution is 7.99. The maximum Gasteiger partial charge on any atom is 0.0675 e. The molecule has 0 radical (unpaired) electrons. The summed E-state index contributed by atoms with van der Waals surface area (Å²) >= 11 is 1.98. The third kappa shape index (κ3) is 2.88. The van der Waals surface area contributed by atoms with Crippen molar-refractivity contribution in [3.63, 3.8) is 0 Å². The zero-order valence-corrected chi connectivity index (χ0v) is 9.69. The summed E-state index contributed by atoms with van der Waals surface area (Å²) in [4.78, 5) is 2.50. The molecule has 0 bridgehead atoms. The van der Waals surface area contributed by atoms with Crippen LogP contribution in [0.1, 0.15) is 32.1 Å². The van der Waals surface area contributed by atoms with E-state index in [1.807, 2.05) is 11.8 Å². The van der Waals surface area contributed by atoms with Crippen LogP contribution < -0.4 is 0 Å². The van der Waals surface area contributed by atoms with Crippen LogP contribution in [-0.4, -0.2) is 46.7 Å². The fourth-order valence-corrected chi connectivity index (χ4v) is 3.63. The molecule has 0 aromatic heterocycles. The molecule has 0 amide bonds. The van der Waals surface area contributed by atoms with Gasteiger partial charge in [-0.15, -0.1) is 0 Å². The van der Waals surface area contributed by atoms with Gasteiger partial charge in [-0.3, -0.25) is 0 Å². The third-order valence-corrected chi connectivity index (χ3v) is 4.50. The molecule has 0 aromatic carbocycles. The van der Waals surface area contributed by atoms with Gasteiger partial charge >= 0.3 is 0 Å². The summed E-state index contributed by atoms with van der Waals surface area (Å²) in [6.45, 7) is 3.62. The van der Waals surface area contributed by atoms with E-state index >= 15 is 0 Å². The molecule has 1 N–H and O–H groups in total. The van der Waals surface area contributed by atoms with Gasteiger partial charge in [0.25, 0.3) is 0 Å². The van der Waals surface area contributed by atoms with Crippen molar-refractivity contribution >= 4 is 11.8 Å². The maximum absolute atomic E-state index is 10.3. The Labute approximate surface area is 91.1 Å². The van der Waals surface area contributed by atoms with Crippen molar-refractivity contribution in [1.82, 2.24) is 4.90 Å². The SMILES string of the molecule is OC1(CCN2CCCC2)CCSCC1. The van der Waals surface area contributed by atoms with E-state index in [1.165, 1.54) is 25.9 Å². The van der Waals surface area contributed by atoms with Gasteiger partial charge in [0, 0.05) is 6.54 Å². The second-order valence-corrected chi connectivity index (χ2v) is 5.86. The predicted molar refractivity (Wildman–Crippen MR) is 61.8 cm³/mol. The van der Waals surface area contributed by atoms with Crippen LogP contribution in [0.3, 0.4) is 0 Å². The molecule has 14 heavy (non-hydrogen) atoms. The smallest absolute Gasteiger partial charge is 0.0675 e. The molecule has 0 atom stereocenters. The lowest BCUT2D eigenvalue weighted by Gasteiger charge is -2.33. The molecule has 2 aliphatic rings. The van der Waals surface area contributed by atoms with E-state index in [2.05, 4.69) is 4.90 Å². The van der Waals surface area contributed by atoms with Gasteiger partial charge in [0.15, 0.2) is 0 Å². The molecule has 2 fully saturated rings. The van der Waals surface area contributed by atoms with E-state index < -0.39 is 0 Å². The first-order valence-electron chi connectivity index (χ1n) is 5.81. The molecule has 82 valence electrons. The highest BCUT2D eigenvalue weighted by Crippen LogP contribution is 2.30. The number of nitrogens with zero attached hydrogens (tertiary/aromatic N) is 1. The lowest BCUT2D eigenvalue weighted by Crippen LogP contribution is -2.37. The van der Waals surface area contributed by atoms with Crippen molar-refractivity contribution in [3.8, 4) is 0 Å². The quantitative estimate of drug-likeness (QED) is 0.775. The Hall–Kier alpha value is 0.270. The molecule has 2 heterocycles. The Morgan fingerprint density at radius 2 is 1.79 bits per heavy atom. The van der Waals surface area contributed by atoms with Gasteiger partial charge in [0.1, 0.15) is 0 Å². The minimum Gasteiger partial charge on any atom is -0.390 e. The average molecular weight is 215 g/mol. The van der Waals surface area contributed by atoms with Crippen LogP contribution in [-0.2, 0) is 0 Å². The van der Waals surface area contributed by atoms with Crippen molar-refractivity contribution < 1.29 is 5.11 Å². The van der Waals surface area contributed by atoms with E-state index in [0.717, 1.165) is 37.3 Å². The Kier molecular flexibility index (Phi) is 3.74. The van der Waals surface area contributed by atoms with Crippen LogP contribution in [0, 0.1) is 0 Å². The Balaban J connectivity index is 1.72. The summed E-state index contributed by atoms with van der Waals surface area (Å²) in [6.07, 6.45) is 5.72. The number of hydrogen-bond acceptors (Lipinski definition) is 3. The predicted octanol–water partition coefficient (Wildman–Crippen LogP) is 1.73. The molecule has 0 spiro atoms. The second-order valence-electron chi connectivity index (χ2n) is 4.64. The van der Waals surface area contributed by atoms with Gasteiger partial charge in [-0.05, 0) is 56.7 Å². The highest BCUT2D eigenvalue weighted by atomic mass is 32.2. The summed E-state index contributed by atoms with van der Waals surface area (Å²) in [6, 6.07) is 0. The van der Waals surface area contributed by atoms with Crippen LogP contribution in [0.15, 0.2) is 0 Å². The normalized spacial score (nSPS) is 28.1. The van der Waals surface area contributed by atoms with Crippen molar-refractivity contribution in [2.24, 2.45) is 0 Å². The standard InChI is InChI=1S/C11H21NOS/c13-11(4-9-14-10-5-11)3-8-12-6-1-2-7-12/h13H,1-10H2. The second kappa shape index (κ2) is 4.86. The number of thioether (sulfide) groups is 1. The highest BCUT2D eigenvalue weighted by Gasteiger charge is 2.29. The van der Waals surface area contributed by atoms with Crippen molar-refractivity contribution in [3.05, 3.63) is 0 Å². The minimum absolute atomic E-state index is 0.326. The maximum atomic E-state index is 10.3.